The minimum atomic E-state index is 0.257. The van der Waals surface area contributed by atoms with Gasteiger partial charge in [-0.1, -0.05) is 6.92 Å². The van der Waals surface area contributed by atoms with Crippen molar-refractivity contribution in [2.24, 2.45) is 0 Å². The largest absolute Gasteiger partial charge is 0.376 e. The van der Waals surface area contributed by atoms with Crippen molar-refractivity contribution < 1.29 is 4.74 Å². The van der Waals surface area contributed by atoms with Crippen LogP contribution in [0.2, 0.25) is 0 Å². The maximum atomic E-state index is 5.64. The summed E-state index contributed by atoms with van der Waals surface area (Å²) in [5, 5.41) is 3.27. The van der Waals surface area contributed by atoms with Crippen molar-refractivity contribution in [2.45, 2.75) is 45.8 Å². The summed E-state index contributed by atoms with van der Waals surface area (Å²) in [5.41, 5.74) is 0. The first-order valence-electron chi connectivity index (χ1n) is 7.12. The Hall–Kier alpha value is -1.36. The van der Waals surface area contributed by atoms with Gasteiger partial charge in [-0.25, -0.2) is 9.97 Å². The van der Waals surface area contributed by atoms with Gasteiger partial charge in [0.2, 0.25) is 0 Å². The van der Waals surface area contributed by atoms with Crippen molar-refractivity contribution in [2.75, 3.05) is 30.4 Å². The molecule has 0 amide bonds. The number of anilines is 2. The van der Waals surface area contributed by atoms with Gasteiger partial charge in [0.25, 0.3) is 0 Å². The normalized spacial score (nSPS) is 22.5. The van der Waals surface area contributed by atoms with Gasteiger partial charge in [-0.2, -0.15) is 0 Å². The lowest BCUT2D eigenvalue weighted by Gasteiger charge is -2.28. The Morgan fingerprint density at radius 2 is 2.21 bits per heavy atom. The SMILES string of the molecule is CCNc1cc(N(C)C2CCOC2C)nc(CC)n1. The van der Waals surface area contributed by atoms with E-state index < -0.39 is 0 Å². The van der Waals surface area contributed by atoms with Crippen molar-refractivity contribution in [3.8, 4) is 0 Å². The Morgan fingerprint density at radius 1 is 1.42 bits per heavy atom. The number of likely N-dealkylation sites (N-methyl/N-ethyl adjacent to an activating group) is 1. The highest BCUT2D eigenvalue weighted by atomic mass is 16.5. The molecule has 5 heteroatoms. The minimum Gasteiger partial charge on any atom is -0.376 e. The van der Waals surface area contributed by atoms with Gasteiger partial charge in [0.1, 0.15) is 17.5 Å². The molecule has 1 aromatic rings. The third-order valence-corrected chi connectivity index (χ3v) is 3.63. The second kappa shape index (κ2) is 6.19. The second-order valence-corrected chi connectivity index (χ2v) is 4.95. The van der Waals surface area contributed by atoms with Crippen LogP contribution in [0.15, 0.2) is 6.07 Å². The fourth-order valence-electron chi connectivity index (χ4n) is 2.49. The Morgan fingerprint density at radius 3 is 2.79 bits per heavy atom. The Kier molecular flexibility index (Phi) is 4.58. The van der Waals surface area contributed by atoms with Crippen LogP contribution in [0.3, 0.4) is 0 Å². The van der Waals surface area contributed by atoms with Crippen molar-refractivity contribution >= 4 is 11.6 Å². The first-order chi connectivity index (χ1) is 9.15. The van der Waals surface area contributed by atoms with E-state index in [1.165, 1.54) is 0 Å². The zero-order valence-corrected chi connectivity index (χ0v) is 12.3. The van der Waals surface area contributed by atoms with Gasteiger partial charge < -0.3 is 15.0 Å². The molecule has 0 saturated carbocycles. The van der Waals surface area contributed by atoms with E-state index in [1.54, 1.807) is 0 Å². The summed E-state index contributed by atoms with van der Waals surface area (Å²) < 4.78 is 5.64. The van der Waals surface area contributed by atoms with Crippen LogP contribution >= 0.6 is 0 Å². The summed E-state index contributed by atoms with van der Waals surface area (Å²) in [4.78, 5) is 11.3. The average Bonchev–Trinajstić information content (AvgIpc) is 2.84. The number of aryl methyl sites for hydroxylation is 1. The van der Waals surface area contributed by atoms with E-state index in [0.29, 0.717) is 6.04 Å². The summed E-state index contributed by atoms with van der Waals surface area (Å²) in [7, 11) is 2.09. The summed E-state index contributed by atoms with van der Waals surface area (Å²) >= 11 is 0. The molecule has 1 saturated heterocycles. The molecule has 1 aliphatic rings. The molecule has 1 fully saturated rings. The van der Waals surface area contributed by atoms with Gasteiger partial charge in [0.15, 0.2) is 0 Å². The Bertz CT molecular complexity index is 424. The molecule has 1 N–H and O–H groups in total. The number of nitrogens with zero attached hydrogens (tertiary/aromatic N) is 3. The highest BCUT2D eigenvalue weighted by Crippen LogP contribution is 2.24. The number of hydrogen-bond acceptors (Lipinski definition) is 5. The first-order valence-corrected chi connectivity index (χ1v) is 7.12. The molecule has 0 radical (unpaired) electrons. The average molecular weight is 264 g/mol. The molecule has 106 valence electrons. The number of hydrogen-bond donors (Lipinski definition) is 1. The molecule has 2 atom stereocenters. The van der Waals surface area contributed by atoms with Crippen LogP contribution in [0, 0.1) is 0 Å². The molecule has 5 nitrogen and oxygen atoms in total. The standard InChI is InChI=1S/C14H24N4O/c1-5-12-16-13(15-6-2)9-14(17-12)18(4)11-7-8-19-10(11)3/h9-11H,5-8H2,1-4H3,(H,15,16,17). The van der Waals surface area contributed by atoms with Crippen LogP contribution in [0.5, 0.6) is 0 Å². The van der Waals surface area contributed by atoms with Crippen LogP contribution < -0.4 is 10.2 Å². The van der Waals surface area contributed by atoms with E-state index in [2.05, 4.69) is 48.0 Å². The van der Waals surface area contributed by atoms with Crippen molar-refractivity contribution in [3.63, 3.8) is 0 Å². The maximum Gasteiger partial charge on any atom is 0.134 e. The highest BCUT2D eigenvalue weighted by Gasteiger charge is 2.29. The smallest absolute Gasteiger partial charge is 0.134 e. The lowest BCUT2D eigenvalue weighted by Crippen LogP contribution is -2.37. The van der Waals surface area contributed by atoms with E-state index in [4.69, 9.17) is 4.74 Å². The van der Waals surface area contributed by atoms with Crippen LogP contribution in [0.1, 0.15) is 33.0 Å². The molecule has 0 aliphatic carbocycles. The molecule has 0 bridgehead atoms. The van der Waals surface area contributed by atoms with Gasteiger partial charge in [-0.05, 0) is 20.3 Å². The molecule has 19 heavy (non-hydrogen) atoms. The number of ether oxygens (including phenoxy) is 1. The lowest BCUT2D eigenvalue weighted by molar-refractivity contribution is 0.118. The molecule has 0 aromatic carbocycles. The first kappa shape index (κ1) is 14.1. The fourth-order valence-corrected chi connectivity index (χ4v) is 2.49. The number of rotatable bonds is 5. The Labute approximate surface area is 115 Å². The van der Waals surface area contributed by atoms with E-state index in [1.807, 2.05) is 6.07 Å². The lowest BCUT2D eigenvalue weighted by atomic mass is 10.1. The molecule has 0 spiro atoms. The van der Waals surface area contributed by atoms with Crippen molar-refractivity contribution in [1.29, 1.82) is 0 Å². The van der Waals surface area contributed by atoms with Crippen molar-refractivity contribution in [1.82, 2.24) is 9.97 Å². The number of aromatic nitrogens is 2. The van der Waals surface area contributed by atoms with E-state index in [-0.39, 0.29) is 6.10 Å². The second-order valence-electron chi connectivity index (χ2n) is 4.95. The summed E-state index contributed by atoms with van der Waals surface area (Å²) in [6.07, 6.45) is 2.16. The number of nitrogens with one attached hydrogen (secondary N) is 1. The third kappa shape index (κ3) is 3.15. The minimum absolute atomic E-state index is 0.257. The monoisotopic (exact) mass is 264 g/mol. The van der Waals surface area contributed by atoms with E-state index in [9.17, 15) is 0 Å². The zero-order chi connectivity index (χ0) is 13.8. The highest BCUT2D eigenvalue weighted by molar-refractivity contribution is 5.50. The van der Waals surface area contributed by atoms with Gasteiger partial charge in [-0.15, -0.1) is 0 Å². The van der Waals surface area contributed by atoms with Crippen molar-refractivity contribution in [3.05, 3.63) is 11.9 Å². The molecule has 1 aromatic heterocycles. The van der Waals surface area contributed by atoms with Crippen LogP contribution in [0.25, 0.3) is 0 Å². The molecule has 1 aliphatic heterocycles. The summed E-state index contributed by atoms with van der Waals surface area (Å²) in [6, 6.07) is 2.42. The summed E-state index contributed by atoms with van der Waals surface area (Å²) in [6.45, 7) is 7.98. The quantitative estimate of drug-likeness (QED) is 0.882. The van der Waals surface area contributed by atoms with Gasteiger partial charge in [0.05, 0.1) is 12.1 Å². The molecular weight excluding hydrogens is 240 g/mol. The molecular formula is C14H24N4O. The van der Waals surface area contributed by atoms with Gasteiger partial charge in [0, 0.05) is 32.7 Å². The van der Waals surface area contributed by atoms with Gasteiger partial charge >= 0.3 is 0 Å². The topological polar surface area (TPSA) is 50.3 Å². The molecule has 2 rings (SSSR count). The maximum absolute atomic E-state index is 5.64. The van der Waals surface area contributed by atoms with Crippen LogP contribution in [-0.4, -0.2) is 42.3 Å². The van der Waals surface area contributed by atoms with E-state index >= 15 is 0 Å². The third-order valence-electron chi connectivity index (χ3n) is 3.63. The molecule has 2 unspecified atom stereocenters. The fraction of sp³-hybridized carbons (Fsp3) is 0.714. The predicted octanol–water partition coefficient (Wildman–Crippen LogP) is 2.08. The van der Waals surface area contributed by atoms with Crippen LogP contribution in [-0.2, 0) is 11.2 Å². The zero-order valence-electron chi connectivity index (χ0n) is 12.3. The summed E-state index contributed by atoms with van der Waals surface area (Å²) in [5.74, 6) is 2.76. The predicted molar refractivity (Wildman–Crippen MR) is 77.8 cm³/mol. The van der Waals surface area contributed by atoms with Gasteiger partial charge in [-0.3, -0.25) is 0 Å². The molecule has 2 heterocycles. The van der Waals surface area contributed by atoms with Crippen LogP contribution in [0.4, 0.5) is 11.6 Å². The van der Waals surface area contributed by atoms with E-state index in [0.717, 1.165) is 43.5 Å². The Balaban J connectivity index is 2.24.